The summed E-state index contributed by atoms with van der Waals surface area (Å²) in [6.07, 6.45) is 12.8. The van der Waals surface area contributed by atoms with Crippen LogP contribution in [0.1, 0.15) is 58.8 Å². The molecular weight excluding hydrogens is 548 g/mol. The van der Waals surface area contributed by atoms with Crippen LogP contribution in [-0.4, -0.2) is 105 Å². The number of amides is 1. The minimum atomic E-state index is -3.50. The van der Waals surface area contributed by atoms with Crippen LogP contribution in [0.4, 0.5) is 26.2 Å². The molecule has 8 nitrogen and oxygen atoms in total. The molecule has 4 aliphatic rings. The maximum absolute atomic E-state index is 15.1. The first-order valence-electron chi connectivity index (χ1n) is 15.7. The quantitative estimate of drug-likeness (QED) is 0.414. The van der Waals surface area contributed by atoms with Gasteiger partial charge in [0.2, 0.25) is 0 Å². The van der Waals surface area contributed by atoms with Gasteiger partial charge in [0.05, 0.1) is 52.4 Å². The van der Waals surface area contributed by atoms with E-state index in [-0.39, 0.29) is 15.9 Å². The SMILES string of the molecule is C=C(C1(C)C=CC([N+](C)(C)c2ncc3c(n2)N(C2CCCC2)CC(F)(F)C(=O)N3C)=C(C)C1)[N+](C)(C)C1CCN(C)CC1. The molecule has 1 aromatic heterocycles. The van der Waals surface area contributed by atoms with Gasteiger partial charge >= 0.3 is 11.9 Å². The van der Waals surface area contributed by atoms with Crippen molar-refractivity contribution in [1.82, 2.24) is 19.4 Å². The fraction of sp³-hybridized carbons (Fsp3) is 0.667. The molecule has 1 unspecified atom stereocenters. The molecule has 0 N–H and O–H groups in total. The summed E-state index contributed by atoms with van der Waals surface area (Å²) in [5.41, 5.74) is 3.64. The lowest BCUT2D eigenvalue weighted by atomic mass is 9.75. The van der Waals surface area contributed by atoms with Gasteiger partial charge in [-0.2, -0.15) is 18.7 Å². The zero-order valence-electron chi connectivity index (χ0n) is 27.5. The first kappa shape index (κ1) is 31.7. The van der Waals surface area contributed by atoms with Crippen LogP contribution in [0.15, 0.2) is 41.9 Å². The monoisotopic (exact) mass is 599 g/mol. The molecule has 0 spiro atoms. The van der Waals surface area contributed by atoms with Crippen LogP contribution >= 0.6 is 0 Å². The van der Waals surface area contributed by atoms with Crippen molar-refractivity contribution in [1.29, 1.82) is 0 Å². The molecular formula is C33H51F2N7O+2. The number of quaternary nitrogens is 2. The third-order valence-electron chi connectivity index (χ3n) is 10.9. The molecule has 1 saturated carbocycles. The number of nitrogens with zero attached hydrogens (tertiary/aromatic N) is 7. The molecule has 2 aliphatic heterocycles. The molecule has 1 atom stereocenters. The molecule has 43 heavy (non-hydrogen) atoms. The fourth-order valence-corrected chi connectivity index (χ4v) is 7.90. The van der Waals surface area contributed by atoms with E-state index in [1.165, 1.54) is 18.3 Å². The van der Waals surface area contributed by atoms with Crippen LogP contribution < -0.4 is 14.3 Å². The van der Waals surface area contributed by atoms with E-state index in [1.54, 1.807) is 11.1 Å². The summed E-state index contributed by atoms with van der Waals surface area (Å²) in [6.45, 7) is 10.7. The zero-order chi connectivity index (χ0) is 31.5. The van der Waals surface area contributed by atoms with E-state index < -0.39 is 18.4 Å². The predicted molar refractivity (Wildman–Crippen MR) is 170 cm³/mol. The minimum absolute atomic E-state index is 0.0735. The smallest absolute Gasteiger partial charge is 0.342 e. The molecule has 10 heteroatoms. The number of rotatable bonds is 6. The summed E-state index contributed by atoms with van der Waals surface area (Å²) in [6, 6.07) is 0.468. The van der Waals surface area contributed by atoms with Crippen molar-refractivity contribution in [2.24, 2.45) is 5.41 Å². The number of piperidine rings is 1. The van der Waals surface area contributed by atoms with E-state index in [0.717, 1.165) is 73.1 Å². The van der Waals surface area contributed by atoms with Crippen molar-refractivity contribution in [2.75, 3.05) is 71.7 Å². The molecule has 236 valence electrons. The number of carbonyl (C=O) groups excluding carboxylic acids is 1. The maximum Gasteiger partial charge on any atom is 0.342 e. The number of likely N-dealkylation sites (N-methyl/N-ethyl adjacent to an activating group) is 1. The number of allylic oxidation sites excluding steroid dienone is 3. The minimum Gasteiger partial charge on any atom is -0.345 e. The lowest BCUT2D eigenvalue weighted by Gasteiger charge is -2.47. The highest BCUT2D eigenvalue weighted by Crippen LogP contribution is 2.46. The predicted octanol–water partition coefficient (Wildman–Crippen LogP) is 5.33. The van der Waals surface area contributed by atoms with Gasteiger partial charge in [-0.3, -0.25) is 9.28 Å². The molecule has 0 aromatic carbocycles. The summed E-state index contributed by atoms with van der Waals surface area (Å²) < 4.78 is 31.3. The standard InChI is InChI=1S/C33H51F2N7O/c1-23-20-32(3,24(2)41(6,7)26-15-18-38(4)19-16-26)17-14-28(23)42(8,9)31-36-21-27-29(37-31)40(25-12-10-11-13-25)22-33(34,35)30(43)39(27)5/h14,17,21,25-26H,2,10-13,15-16,18-20,22H2,1,3-9H3/q+2. The van der Waals surface area contributed by atoms with Gasteiger partial charge in [0.15, 0.2) is 5.82 Å². The summed E-state index contributed by atoms with van der Waals surface area (Å²) in [4.78, 5) is 27.5. The van der Waals surface area contributed by atoms with Gasteiger partial charge in [-0.05, 0) is 58.4 Å². The van der Waals surface area contributed by atoms with Crippen molar-refractivity contribution in [3.8, 4) is 0 Å². The Morgan fingerprint density at radius 2 is 1.70 bits per heavy atom. The average molecular weight is 600 g/mol. The van der Waals surface area contributed by atoms with Gasteiger partial charge in [-0.15, -0.1) is 0 Å². The Morgan fingerprint density at radius 3 is 2.30 bits per heavy atom. The highest BCUT2D eigenvalue weighted by molar-refractivity contribution is 6.02. The van der Waals surface area contributed by atoms with Crippen molar-refractivity contribution in [3.63, 3.8) is 0 Å². The van der Waals surface area contributed by atoms with Crippen LogP contribution in [-0.2, 0) is 4.79 Å². The molecule has 1 saturated heterocycles. The molecule has 2 fully saturated rings. The number of fused-ring (bicyclic) bond motifs is 1. The van der Waals surface area contributed by atoms with Crippen molar-refractivity contribution in [2.45, 2.75) is 76.8 Å². The molecule has 1 aromatic rings. The molecule has 0 radical (unpaired) electrons. The highest BCUT2D eigenvalue weighted by Gasteiger charge is 2.50. The van der Waals surface area contributed by atoms with E-state index in [4.69, 9.17) is 4.98 Å². The van der Waals surface area contributed by atoms with E-state index in [2.05, 4.69) is 63.6 Å². The number of aromatic nitrogens is 2. The molecule has 3 heterocycles. The van der Waals surface area contributed by atoms with E-state index in [9.17, 15) is 4.79 Å². The number of hydrogen-bond donors (Lipinski definition) is 0. The van der Waals surface area contributed by atoms with Crippen molar-refractivity contribution < 1.29 is 18.1 Å². The second-order valence-electron chi connectivity index (χ2n) is 14.6. The summed E-state index contributed by atoms with van der Waals surface area (Å²) in [5.74, 6) is -3.78. The molecule has 5 rings (SSSR count). The van der Waals surface area contributed by atoms with Crippen molar-refractivity contribution >= 4 is 23.4 Å². The fourth-order valence-electron chi connectivity index (χ4n) is 7.90. The van der Waals surface area contributed by atoms with Gasteiger partial charge in [-0.25, -0.2) is 4.48 Å². The first-order chi connectivity index (χ1) is 20.0. The zero-order valence-corrected chi connectivity index (χ0v) is 27.5. The Labute approximate surface area is 256 Å². The number of alkyl halides is 2. The summed E-state index contributed by atoms with van der Waals surface area (Å²) >= 11 is 0. The number of likely N-dealkylation sites (tertiary alicyclic amines) is 1. The van der Waals surface area contributed by atoms with Gasteiger partial charge in [0.25, 0.3) is 5.91 Å². The number of carbonyl (C=O) groups is 1. The Balaban J connectivity index is 1.46. The average Bonchev–Trinajstić information content (AvgIpc) is 3.47. The van der Waals surface area contributed by atoms with Crippen LogP contribution in [0.5, 0.6) is 0 Å². The topological polar surface area (TPSA) is 52.6 Å². The van der Waals surface area contributed by atoms with Gasteiger partial charge < -0.3 is 14.7 Å². The first-order valence-corrected chi connectivity index (χ1v) is 15.7. The summed E-state index contributed by atoms with van der Waals surface area (Å²) in [7, 11) is 12.3. The highest BCUT2D eigenvalue weighted by atomic mass is 19.3. The number of hydrogen-bond acceptors (Lipinski definition) is 5. The Morgan fingerprint density at radius 1 is 1.07 bits per heavy atom. The normalized spacial score (nSPS) is 26.2. The van der Waals surface area contributed by atoms with E-state index in [0.29, 0.717) is 23.5 Å². The Hall–Kier alpha value is -2.69. The van der Waals surface area contributed by atoms with Gasteiger partial charge in [0.1, 0.15) is 17.1 Å². The third kappa shape index (κ3) is 5.55. The summed E-state index contributed by atoms with van der Waals surface area (Å²) in [5, 5.41) is 0. The van der Waals surface area contributed by atoms with Gasteiger partial charge in [-0.1, -0.05) is 18.9 Å². The molecule has 2 aliphatic carbocycles. The van der Waals surface area contributed by atoms with Crippen molar-refractivity contribution in [3.05, 3.63) is 41.9 Å². The second-order valence-corrected chi connectivity index (χ2v) is 14.6. The lowest BCUT2D eigenvalue weighted by Crippen LogP contribution is -2.55. The Kier molecular flexibility index (Phi) is 8.14. The van der Waals surface area contributed by atoms with Crippen LogP contribution in [0, 0.1) is 5.41 Å². The van der Waals surface area contributed by atoms with Crippen LogP contribution in [0.3, 0.4) is 0 Å². The number of anilines is 2. The van der Waals surface area contributed by atoms with E-state index in [1.807, 2.05) is 14.1 Å². The number of halogens is 2. The molecule has 0 bridgehead atoms. The third-order valence-corrected chi connectivity index (χ3v) is 10.9. The largest absolute Gasteiger partial charge is 0.345 e. The maximum atomic E-state index is 15.1. The van der Waals surface area contributed by atoms with Crippen LogP contribution in [0.2, 0.25) is 0 Å². The second kappa shape index (κ2) is 11.0. The van der Waals surface area contributed by atoms with E-state index >= 15 is 8.78 Å². The lowest BCUT2D eigenvalue weighted by molar-refractivity contribution is -0.884. The van der Waals surface area contributed by atoms with Gasteiger partial charge in [0, 0.05) is 39.0 Å². The Bertz CT molecular complexity index is 1340. The van der Waals surface area contributed by atoms with Crippen LogP contribution in [0.25, 0.3) is 0 Å². The molecule has 1 amide bonds.